The van der Waals surface area contributed by atoms with Gasteiger partial charge in [-0.1, -0.05) is 25.1 Å². The minimum Gasteiger partial charge on any atom is -0.334 e. The van der Waals surface area contributed by atoms with Crippen LogP contribution in [0.1, 0.15) is 34.1 Å². The maximum Gasteiger partial charge on any atom is 0.264 e. The Morgan fingerprint density at radius 3 is 2.60 bits per heavy atom. The standard InChI is InChI=1S/C16H16N2OS/c1-2-9-18(16(19)15-4-3-10-20-15)12-14-7-5-13(11-17)6-8-14/h3-8,10H,2,9,12H2,1H3. The molecule has 1 aromatic carbocycles. The summed E-state index contributed by atoms with van der Waals surface area (Å²) < 4.78 is 0. The van der Waals surface area contributed by atoms with E-state index in [4.69, 9.17) is 5.26 Å². The SMILES string of the molecule is CCCN(Cc1ccc(C#N)cc1)C(=O)c1cccs1. The van der Waals surface area contributed by atoms with Crippen LogP contribution in [0.25, 0.3) is 0 Å². The minimum atomic E-state index is 0.0752. The third kappa shape index (κ3) is 3.46. The number of carbonyl (C=O) groups excluding carboxylic acids is 1. The molecule has 0 radical (unpaired) electrons. The Hall–Kier alpha value is -2.12. The van der Waals surface area contributed by atoms with Gasteiger partial charge in [0.15, 0.2) is 0 Å². The van der Waals surface area contributed by atoms with E-state index < -0.39 is 0 Å². The van der Waals surface area contributed by atoms with Crippen molar-refractivity contribution in [3.05, 3.63) is 57.8 Å². The topological polar surface area (TPSA) is 44.1 Å². The van der Waals surface area contributed by atoms with Gasteiger partial charge in [-0.3, -0.25) is 4.79 Å². The molecule has 0 spiro atoms. The van der Waals surface area contributed by atoms with E-state index in [1.807, 2.05) is 34.5 Å². The molecule has 1 aromatic heterocycles. The van der Waals surface area contributed by atoms with Gasteiger partial charge >= 0.3 is 0 Å². The van der Waals surface area contributed by atoms with Gasteiger partial charge in [0.25, 0.3) is 5.91 Å². The molecule has 0 saturated heterocycles. The molecule has 2 aromatic rings. The Morgan fingerprint density at radius 1 is 1.30 bits per heavy atom. The predicted octanol–water partition coefficient (Wildman–Crippen LogP) is 3.67. The zero-order chi connectivity index (χ0) is 14.4. The summed E-state index contributed by atoms with van der Waals surface area (Å²) in [4.78, 5) is 15.0. The highest BCUT2D eigenvalue weighted by molar-refractivity contribution is 7.12. The summed E-state index contributed by atoms with van der Waals surface area (Å²) in [5.41, 5.74) is 1.68. The Morgan fingerprint density at radius 2 is 2.05 bits per heavy atom. The van der Waals surface area contributed by atoms with Gasteiger partial charge in [-0.2, -0.15) is 5.26 Å². The molecular formula is C16H16N2OS. The molecule has 0 bridgehead atoms. The lowest BCUT2D eigenvalue weighted by atomic mass is 10.1. The van der Waals surface area contributed by atoms with Gasteiger partial charge < -0.3 is 4.90 Å². The number of rotatable bonds is 5. The lowest BCUT2D eigenvalue weighted by molar-refractivity contribution is 0.0748. The Balaban J connectivity index is 2.12. The second-order valence-corrected chi connectivity index (χ2v) is 5.46. The van der Waals surface area contributed by atoms with E-state index >= 15 is 0 Å². The van der Waals surface area contributed by atoms with E-state index in [-0.39, 0.29) is 5.91 Å². The number of thiophene rings is 1. The number of amides is 1. The molecule has 2 rings (SSSR count). The van der Waals surface area contributed by atoms with Crippen molar-refractivity contribution in [3.63, 3.8) is 0 Å². The highest BCUT2D eigenvalue weighted by Crippen LogP contribution is 2.15. The Kier molecular flexibility index (Phi) is 4.91. The fourth-order valence-electron chi connectivity index (χ4n) is 1.98. The molecular weight excluding hydrogens is 268 g/mol. The lowest BCUT2D eigenvalue weighted by Crippen LogP contribution is -2.30. The summed E-state index contributed by atoms with van der Waals surface area (Å²) in [6.45, 7) is 3.38. The zero-order valence-corrected chi connectivity index (χ0v) is 12.2. The largest absolute Gasteiger partial charge is 0.334 e. The van der Waals surface area contributed by atoms with Crippen LogP contribution < -0.4 is 0 Å². The summed E-state index contributed by atoms with van der Waals surface area (Å²) in [7, 11) is 0. The Bertz CT molecular complexity index is 596. The van der Waals surface area contributed by atoms with Crippen LogP contribution in [0.15, 0.2) is 41.8 Å². The van der Waals surface area contributed by atoms with E-state index in [0.717, 1.165) is 23.4 Å². The Labute approximate surface area is 123 Å². The molecule has 1 heterocycles. The normalized spacial score (nSPS) is 10.0. The van der Waals surface area contributed by atoms with E-state index in [1.54, 1.807) is 12.1 Å². The average Bonchev–Trinajstić information content (AvgIpc) is 3.01. The second-order valence-electron chi connectivity index (χ2n) is 4.51. The maximum absolute atomic E-state index is 12.4. The van der Waals surface area contributed by atoms with Crippen molar-refractivity contribution in [3.8, 4) is 6.07 Å². The number of nitrogens with zero attached hydrogens (tertiary/aromatic N) is 2. The highest BCUT2D eigenvalue weighted by atomic mass is 32.1. The summed E-state index contributed by atoms with van der Waals surface area (Å²) in [6, 6.07) is 13.2. The molecule has 0 atom stereocenters. The van der Waals surface area contributed by atoms with Crippen LogP contribution in [0.2, 0.25) is 0 Å². The van der Waals surface area contributed by atoms with Crippen LogP contribution in [0.4, 0.5) is 0 Å². The molecule has 0 saturated carbocycles. The minimum absolute atomic E-state index is 0.0752. The van der Waals surface area contributed by atoms with Gasteiger partial charge in [0, 0.05) is 13.1 Å². The fourth-order valence-corrected chi connectivity index (χ4v) is 2.67. The van der Waals surface area contributed by atoms with Crippen molar-refractivity contribution in [2.75, 3.05) is 6.54 Å². The van der Waals surface area contributed by atoms with Gasteiger partial charge in [-0.25, -0.2) is 0 Å². The van der Waals surface area contributed by atoms with Crippen molar-refractivity contribution in [1.29, 1.82) is 5.26 Å². The average molecular weight is 284 g/mol. The molecule has 0 aliphatic carbocycles. The monoisotopic (exact) mass is 284 g/mol. The van der Waals surface area contributed by atoms with Crippen molar-refractivity contribution >= 4 is 17.2 Å². The summed E-state index contributed by atoms with van der Waals surface area (Å²) in [5, 5.41) is 10.7. The molecule has 0 fully saturated rings. The number of nitriles is 1. The summed E-state index contributed by atoms with van der Waals surface area (Å²) >= 11 is 1.47. The molecule has 3 nitrogen and oxygen atoms in total. The molecule has 1 amide bonds. The predicted molar refractivity (Wildman–Crippen MR) is 80.5 cm³/mol. The first-order valence-electron chi connectivity index (χ1n) is 6.56. The molecule has 0 aliphatic rings. The van der Waals surface area contributed by atoms with Crippen molar-refractivity contribution in [2.24, 2.45) is 0 Å². The molecule has 20 heavy (non-hydrogen) atoms. The fraction of sp³-hybridized carbons (Fsp3) is 0.250. The van der Waals surface area contributed by atoms with Crippen LogP contribution in [0.3, 0.4) is 0 Å². The van der Waals surface area contributed by atoms with E-state index in [9.17, 15) is 4.79 Å². The lowest BCUT2D eigenvalue weighted by Gasteiger charge is -2.21. The first kappa shape index (κ1) is 14.3. The quantitative estimate of drug-likeness (QED) is 0.840. The van der Waals surface area contributed by atoms with Gasteiger partial charge in [0.2, 0.25) is 0 Å². The van der Waals surface area contributed by atoms with Gasteiger partial charge in [-0.15, -0.1) is 11.3 Å². The van der Waals surface area contributed by atoms with Gasteiger partial charge in [-0.05, 0) is 35.6 Å². The van der Waals surface area contributed by atoms with Crippen molar-refractivity contribution in [1.82, 2.24) is 4.90 Å². The van der Waals surface area contributed by atoms with E-state index in [0.29, 0.717) is 12.1 Å². The number of carbonyl (C=O) groups is 1. The van der Waals surface area contributed by atoms with Crippen LogP contribution in [0, 0.1) is 11.3 Å². The van der Waals surface area contributed by atoms with Crippen molar-refractivity contribution < 1.29 is 4.79 Å². The molecule has 0 N–H and O–H groups in total. The maximum atomic E-state index is 12.4. The smallest absolute Gasteiger partial charge is 0.264 e. The molecule has 0 aliphatic heterocycles. The molecule has 0 unspecified atom stereocenters. The summed E-state index contributed by atoms with van der Waals surface area (Å²) in [6.07, 6.45) is 0.924. The third-order valence-electron chi connectivity index (χ3n) is 2.97. The van der Waals surface area contributed by atoms with Crippen LogP contribution >= 0.6 is 11.3 Å². The van der Waals surface area contributed by atoms with E-state index in [2.05, 4.69) is 13.0 Å². The van der Waals surface area contributed by atoms with Crippen LogP contribution in [-0.2, 0) is 6.54 Å². The molecule has 102 valence electrons. The highest BCUT2D eigenvalue weighted by Gasteiger charge is 2.16. The molecule has 4 heteroatoms. The van der Waals surface area contributed by atoms with Gasteiger partial charge in [0.05, 0.1) is 16.5 Å². The number of benzene rings is 1. The van der Waals surface area contributed by atoms with Crippen LogP contribution in [-0.4, -0.2) is 17.4 Å². The van der Waals surface area contributed by atoms with Crippen molar-refractivity contribution in [2.45, 2.75) is 19.9 Å². The second kappa shape index (κ2) is 6.88. The third-order valence-corrected chi connectivity index (χ3v) is 3.83. The van der Waals surface area contributed by atoms with Crippen LogP contribution in [0.5, 0.6) is 0 Å². The number of hydrogen-bond acceptors (Lipinski definition) is 3. The van der Waals surface area contributed by atoms with Gasteiger partial charge in [0.1, 0.15) is 0 Å². The number of hydrogen-bond donors (Lipinski definition) is 0. The first-order valence-corrected chi connectivity index (χ1v) is 7.44. The first-order chi connectivity index (χ1) is 9.74. The summed E-state index contributed by atoms with van der Waals surface area (Å²) in [5.74, 6) is 0.0752. The van der Waals surface area contributed by atoms with E-state index in [1.165, 1.54) is 11.3 Å². The zero-order valence-electron chi connectivity index (χ0n) is 11.4.